The van der Waals surface area contributed by atoms with Crippen molar-refractivity contribution < 1.29 is 13.9 Å². The van der Waals surface area contributed by atoms with E-state index in [0.717, 1.165) is 10.8 Å². The summed E-state index contributed by atoms with van der Waals surface area (Å²) in [6, 6.07) is 9.29. The van der Waals surface area contributed by atoms with Gasteiger partial charge in [0, 0.05) is 5.69 Å². The van der Waals surface area contributed by atoms with Crippen LogP contribution in [0.4, 0.5) is 10.1 Å². The minimum atomic E-state index is -0.895. The van der Waals surface area contributed by atoms with Crippen molar-refractivity contribution in [3.05, 3.63) is 47.8 Å². The minimum Gasteiger partial charge on any atom is -0.430 e. The van der Waals surface area contributed by atoms with E-state index in [9.17, 15) is 9.18 Å². The molecule has 3 rings (SSSR count). The van der Waals surface area contributed by atoms with Crippen LogP contribution in [0.15, 0.2) is 36.4 Å². The summed E-state index contributed by atoms with van der Waals surface area (Å²) in [7, 11) is 0. The van der Waals surface area contributed by atoms with Crippen molar-refractivity contribution in [3.8, 4) is 10.9 Å². The van der Waals surface area contributed by atoms with Gasteiger partial charge in [0.25, 0.3) is 11.1 Å². The van der Waals surface area contributed by atoms with Gasteiger partial charge in [-0.15, -0.1) is 0 Å². The van der Waals surface area contributed by atoms with Gasteiger partial charge in [0.15, 0.2) is 0 Å². The Bertz CT molecular complexity index is 847. The number of carbonyl (C=O) groups is 1. The lowest BCUT2D eigenvalue weighted by atomic mass is 10.2. The molecule has 7 heteroatoms. The van der Waals surface area contributed by atoms with Gasteiger partial charge < -0.3 is 16.2 Å². The summed E-state index contributed by atoms with van der Waals surface area (Å²) in [6.45, 7) is 0. The van der Waals surface area contributed by atoms with E-state index >= 15 is 0 Å². The van der Waals surface area contributed by atoms with Gasteiger partial charge in [-0.3, -0.25) is 4.79 Å². The number of hydrogen-bond donors (Lipinski definition) is 2. The Kier molecular flexibility index (Phi) is 3.19. The first kappa shape index (κ1) is 13.3. The predicted octanol–water partition coefficient (Wildman–Crippen LogP) is 2.91. The molecule has 0 unspecified atom stereocenters. The number of ether oxygens (including phenoxy) is 1. The second kappa shape index (κ2) is 5.02. The van der Waals surface area contributed by atoms with Crippen molar-refractivity contribution in [2.24, 2.45) is 5.73 Å². The summed E-state index contributed by atoms with van der Waals surface area (Å²) in [5, 5.41) is 0.281. The molecule has 106 valence electrons. The van der Waals surface area contributed by atoms with Crippen LogP contribution in [0.1, 0.15) is 10.4 Å². The Hall–Kier alpha value is -2.67. The molecule has 0 bridgehead atoms. The molecule has 5 nitrogen and oxygen atoms in total. The highest BCUT2D eigenvalue weighted by molar-refractivity contribution is 7.20. The quantitative estimate of drug-likeness (QED) is 0.728. The summed E-state index contributed by atoms with van der Waals surface area (Å²) < 4.78 is 20.0. The Morgan fingerprint density at radius 2 is 2.10 bits per heavy atom. The van der Waals surface area contributed by atoms with Crippen molar-refractivity contribution in [2.45, 2.75) is 0 Å². The largest absolute Gasteiger partial charge is 0.430 e. The van der Waals surface area contributed by atoms with Crippen LogP contribution in [0.3, 0.4) is 0 Å². The van der Waals surface area contributed by atoms with Gasteiger partial charge in [0.05, 0.1) is 10.2 Å². The molecule has 1 heterocycles. The third-order valence-electron chi connectivity index (χ3n) is 2.81. The zero-order valence-electron chi connectivity index (χ0n) is 10.7. The van der Waals surface area contributed by atoms with Gasteiger partial charge in [-0.2, -0.15) is 0 Å². The van der Waals surface area contributed by atoms with E-state index in [0.29, 0.717) is 11.2 Å². The lowest BCUT2D eigenvalue weighted by Gasteiger charge is -2.06. The number of nitrogens with zero attached hydrogens (tertiary/aromatic N) is 1. The summed E-state index contributed by atoms with van der Waals surface area (Å²) in [4.78, 5) is 15.6. The predicted molar refractivity (Wildman–Crippen MR) is 79.0 cm³/mol. The Morgan fingerprint density at radius 3 is 2.86 bits per heavy atom. The first-order valence-electron chi connectivity index (χ1n) is 5.97. The Balaban J connectivity index is 2.02. The van der Waals surface area contributed by atoms with Crippen LogP contribution in [-0.2, 0) is 0 Å². The number of primary amides is 1. The summed E-state index contributed by atoms with van der Waals surface area (Å²) >= 11 is 1.24. The zero-order valence-corrected chi connectivity index (χ0v) is 11.5. The maximum absolute atomic E-state index is 13.6. The minimum absolute atomic E-state index is 0.0366. The number of amides is 1. The van der Waals surface area contributed by atoms with Crippen molar-refractivity contribution >= 4 is 33.1 Å². The maximum atomic E-state index is 13.6. The van der Waals surface area contributed by atoms with Crippen LogP contribution < -0.4 is 16.2 Å². The fourth-order valence-electron chi connectivity index (χ4n) is 1.89. The Morgan fingerprint density at radius 1 is 1.29 bits per heavy atom. The monoisotopic (exact) mass is 303 g/mol. The van der Waals surface area contributed by atoms with Crippen molar-refractivity contribution in [1.82, 2.24) is 4.98 Å². The molecule has 1 aromatic heterocycles. The standard InChI is InChI=1S/C14H10FN3O2S/c15-8-2-1-3-10(12(8)13(17)19)20-14-18-9-5-4-7(16)6-11(9)21-14/h1-6H,16H2,(H2,17,19). The van der Waals surface area contributed by atoms with Crippen molar-refractivity contribution in [1.29, 1.82) is 0 Å². The van der Waals surface area contributed by atoms with Gasteiger partial charge in [-0.1, -0.05) is 17.4 Å². The molecule has 0 spiro atoms. The lowest BCUT2D eigenvalue weighted by molar-refractivity contribution is 0.0994. The van der Waals surface area contributed by atoms with Gasteiger partial charge in [0.2, 0.25) is 0 Å². The first-order valence-corrected chi connectivity index (χ1v) is 6.78. The highest BCUT2D eigenvalue weighted by Crippen LogP contribution is 2.34. The number of halogens is 1. The third-order valence-corrected chi connectivity index (χ3v) is 3.71. The lowest BCUT2D eigenvalue weighted by Crippen LogP contribution is -2.14. The molecule has 1 amide bonds. The number of nitrogen functional groups attached to an aromatic ring is 1. The van der Waals surface area contributed by atoms with Gasteiger partial charge in [-0.05, 0) is 30.3 Å². The fraction of sp³-hybridized carbons (Fsp3) is 0. The van der Waals surface area contributed by atoms with Crippen LogP contribution in [0.5, 0.6) is 10.9 Å². The van der Waals surface area contributed by atoms with Crippen molar-refractivity contribution in [2.75, 3.05) is 5.73 Å². The molecule has 3 aromatic rings. The van der Waals surface area contributed by atoms with Crippen LogP contribution in [0.2, 0.25) is 0 Å². The number of fused-ring (bicyclic) bond motifs is 1. The zero-order chi connectivity index (χ0) is 15.0. The molecule has 0 radical (unpaired) electrons. The number of rotatable bonds is 3. The molecular formula is C14H10FN3O2S. The fourth-order valence-corrected chi connectivity index (χ4v) is 2.76. The molecule has 21 heavy (non-hydrogen) atoms. The average Bonchev–Trinajstić information content (AvgIpc) is 2.79. The summed E-state index contributed by atoms with van der Waals surface area (Å²) in [5.74, 6) is -1.59. The SMILES string of the molecule is NC(=O)c1c(F)cccc1Oc1nc2ccc(N)cc2s1. The molecule has 0 atom stereocenters. The van der Waals surface area contributed by atoms with Crippen LogP contribution in [-0.4, -0.2) is 10.9 Å². The molecule has 0 aliphatic carbocycles. The molecule has 2 aromatic carbocycles. The molecule has 0 fully saturated rings. The van der Waals surface area contributed by atoms with Gasteiger partial charge in [-0.25, -0.2) is 9.37 Å². The molecule has 0 aliphatic rings. The smallest absolute Gasteiger partial charge is 0.279 e. The summed E-state index contributed by atoms with van der Waals surface area (Å²) in [6.07, 6.45) is 0. The van der Waals surface area contributed by atoms with E-state index < -0.39 is 11.7 Å². The molecule has 4 N–H and O–H groups in total. The number of anilines is 1. The van der Waals surface area contributed by atoms with E-state index in [1.54, 1.807) is 18.2 Å². The molecular weight excluding hydrogens is 293 g/mol. The number of thiazole rings is 1. The number of hydrogen-bond acceptors (Lipinski definition) is 5. The highest BCUT2D eigenvalue weighted by Gasteiger charge is 2.17. The van der Waals surface area contributed by atoms with E-state index in [1.165, 1.54) is 23.5 Å². The van der Waals surface area contributed by atoms with Crippen LogP contribution in [0.25, 0.3) is 10.2 Å². The number of carbonyl (C=O) groups excluding carboxylic acids is 1. The maximum Gasteiger partial charge on any atom is 0.279 e. The van der Waals surface area contributed by atoms with E-state index in [-0.39, 0.29) is 16.5 Å². The van der Waals surface area contributed by atoms with E-state index in [1.807, 2.05) is 0 Å². The highest BCUT2D eigenvalue weighted by atomic mass is 32.1. The van der Waals surface area contributed by atoms with Gasteiger partial charge >= 0.3 is 0 Å². The van der Waals surface area contributed by atoms with Crippen LogP contribution >= 0.6 is 11.3 Å². The van der Waals surface area contributed by atoms with Crippen LogP contribution in [0, 0.1) is 5.82 Å². The van der Waals surface area contributed by atoms with Crippen molar-refractivity contribution in [3.63, 3.8) is 0 Å². The number of nitrogens with two attached hydrogens (primary N) is 2. The summed E-state index contributed by atoms with van der Waals surface area (Å²) in [5.41, 5.74) is 11.9. The van der Waals surface area contributed by atoms with E-state index in [4.69, 9.17) is 16.2 Å². The third kappa shape index (κ3) is 2.50. The molecule has 0 aliphatic heterocycles. The number of aromatic nitrogens is 1. The second-order valence-electron chi connectivity index (χ2n) is 4.29. The first-order chi connectivity index (χ1) is 10.0. The normalized spacial score (nSPS) is 10.7. The molecule has 0 saturated heterocycles. The topological polar surface area (TPSA) is 91.2 Å². The Labute approximate surface area is 123 Å². The molecule has 0 saturated carbocycles. The van der Waals surface area contributed by atoms with Gasteiger partial charge in [0.1, 0.15) is 17.1 Å². The second-order valence-corrected chi connectivity index (χ2v) is 5.28. The number of benzene rings is 2. The van der Waals surface area contributed by atoms with E-state index in [2.05, 4.69) is 4.98 Å². The average molecular weight is 303 g/mol.